The Balaban J connectivity index is 1.57. The van der Waals surface area contributed by atoms with Crippen LogP contribution in [0, 0.1) is 5.41 Å². The van der Waals surface area contributed by atoms with Crippen molar-refractivity contribution in [3.05, 3.63) is 36.5 Å². The Kier molecular flexibility index (Phi) is 7.95. The number of benzene rings is 1. The smallest absolute Gasteiger partial charge is 0.425 e. The van der Waals surface area contributed by atoms with Crippen LogP contribution >= 0.6 is 0 Å². The van der Waals surface area contributed by atoms with Crippen LogP contribution in [-0.2, 0) is 9.47 Å². The third-order valence-electron chi connectivity index (χ3n) is 7.22. The van der Waals surface area contributed by atoms with Gasteiger partial charge in [0.05, 0.1) is 6.20 Å². The molecule has 4 heterocycles. The maximum atomic E-state index is 13.5. The fraction of sp³-hybridized carbons (Fsp3) is 0.500. The highest BCUT2D eigenvalue weighted by Gasteiger charge is 2.46. The third-order valence-corrected chi connectivity index (χ3v) is 7.22. The molecular formula is C30H37N7O7. The number of carbonyl (C=O) groups excluding carboxylic acids is 2. The van der Waals surface area contributed by atoms with Crippen LogP contribution in [0.3, 0.4) is 0 Å². The normalized spacial score (nSPS) is 18.5. The number of anilines is 2. The summed E-state index contributed by atoms with van der Waals surface area (Å²) < 4.78 is 17.1. The van der Waals surface area contributed by atoms with Crippen LogP contribution in [0.1, 0.15) is 54.4 Å². The minimum absolute atomic E-state index is 0.0200. The molecule has 14 heteroatoms. The van der Waals surface area contributed by atoms with Gasteiger partial charge >= 0.3 is 18.3 Å². The zero-order valence-electron chi connectivity index (χ0n) is 25.7. The molecule has 2 aliphatic rings. The molecule has 0 radical (unpaired) electrons. The molecule has 3 aromatic rings. The topological polar surface area (TPSA) is 164 Å². The second-order valence-corrected chi connectivity index (χ2v) is 13.1. The molecule has 5 rings (SSSR count). The SMILES string of the molecule is CC(C)(C)OC(=O)N(C(=O)OC(C)(C)C)c1ncc(N2CCC3(CCN(C(=O)O)C3)C2)nc1-c1nnc(-c2ccccc2)o1. The summed E-state index contributed by atoms with van der Waals surface area (Å²) in [6, 6.07) is 9.13. The van der Waals surface area contributed by atoms with Gasteiger partial charge in [-0.05, 0) is 66.5 Å². The molecule has 2 aromatic heterocycles. The van der Waals surface area contributed by atoms with Crippen molar-refractivity contribution in [2.24, 2.45) is 5.41 Å². The van der Waals surface area contributed by atoms with E-state index in [0.29, 0.717) is 42.5 Å². The molecule has 44 heavy (non-hydrogen) atoms. The Labute approximate surface area is 255 Å². The van der Waals surface area contributed by atoms with Crippen LogP contribution in [0.25, 0.3) is 23.0 Å². The highest BCUT2D eigenvalue weighted by atomic mass is 16.6. The molecule has 1 N–H and O–H groups in total. The van der Waals surface area contributed by atoms with Crippen LogP contribution in [0.2, 0.25) is 0 Å². The van der Waals surface area contributed by atoms with E-state index in [1.54, 1.807) is 53.7 Å². The lowest BCUT2D eigenvalue weighted by Crippen LogP contribution is -2.44. The number of amides is 3. The van der Waals surface area contributed by atoms with E-state index in [-0.39, 0.29) is 28.7 Å². The summed E-state index contributed by atoms with van der Waals surface area (Å²) in [5.74, 6) is 0.381. The van der Waals surface area contributed by atoms with Gasteiger partial charge < -0.3 is 28.8 Å². The van der Waals surface area contributed by atoms with Crippen LogP contribution in [0.5, 0.6) is 0 Å². The van der Waals surface area contributed by atoms with Gasteiger partial charge in [0.25, 0.3) is 5.89 Å². The van der Waals surface area contributed by atoms with Crippen molar-refractivity contribution in [3.63, 3.8) is 0 Å². The molecule has 1 unspecified atom stereocenters. The van der Waals surface area contributed by atoms with Gasteiger partial charge in [-0.1, -0.05) is 18.2 Å². The highest BCUT2D eigenvalue weighted by molar-refractivity contribution is 6.10. The summed E-state index contributed by atoms with van der Waals surface area (Å²) in [5, 5.41) is 17.9. The second kappa shape index (κ2) is 11.4. The summed E-state index contributed by atoms with van der Waals surface area (Å²) >= 11 is 0. The third kappa shape index (κ3) is 6.74. The van der Waals surface area contributed by atoms with Crippen molar-refractivity contribution in [1.29, 1.82) is 0 Å². The molecule has 14 nitrogen and oxygen atoms in total. The fourth-order valence-corrected chi connectivity index (χ4v) is 5.27. The second-order valence-electron chi connectivity index (χ2n) is 13.1. The monoisotopic (exact) mass is 607 g/mol. The van der Waals surface area contributed by atoms with E-state index in [1.165, 1.54) is 11.1 Å². The standard InChI is InChI=1S/C30H37N7O7/c1-28(2,3)43-26(40)37(27(41)44-29(4,5)6)22-21(24-34-33-23(42-24)19-10-8-7-9-11-19)32-20(16-31-22)35-14-12-30(17-35)13-15-36(18-30)25(38)39/h7-11,16H,12-15,17-18H2,1-6H3,(H,38,39). The summed E-state index contributed by atoms with van der Waals surface area (Å²) in [4.78, 5) is 52.0. The Morgan fingerprint density at radius 1 is 0.909 bits per heavy atom. The first kappa shape index (κ1) is 30.7. The fourth-order valence-electron chi connectivity index (χ4n) is 5.27. The Morgan fingerprint density at radius 3 is 2.11 bits per heavy atom. The number of nitrogens with zero attached hydrogens (tertiary/aromatic N) is 7. The van der Waals surface area contributed by atoms with Gasteiger partial charge in [-0.25, -0.2) is 24.4 Å². The first-order valence-corrected chi connectivity index (χ1v) is 14.4. The van der Waals surface area contributed by atoms with E-state index in [2.05, 4.69) is 15.2 Å². The molecule has 1 aromatic carbocycles. The van der Waals surface area contributed by atoms with Crippen molar-refractivity contribution >= 4 is 29.9 Å². The van der Waals surface area contributed by atoms with Crippen LogP contribution < -0.4 is 9.80 Å². The van der Waals surface area contributed by atoms with Crippen LogP contribution in [-0.4, -0.2) is 85.8 Å². The number of likely N-dealkylation sites (tertiary alicyclic amines) is 1. The van der Waals surface area contributed by atoms with Gasteiger partial charge in [-0.2, -0.15) is 4.90 Å². The van der Waals surface area contributed by atoms with E-state index < -0.39 is 29.5 Å². The summed E-state index contributed by atoms with van der Waals surface area (Å²) in [5.41, 5.74) is -1.44. The lowest BCUT2D eigenvalue weighted by atomic mass is 9.86. The number of imide groups is 1. The maximum Gasteiger partial charge on any atom is 0.425 e. The summed E-state index contributed by atoms with van der Waals surface area (Å²) in [6.45, 7) is 12.1. The van der Waals surface area contributed by atoms with Crippen molar-refractivity contribution in [1.82, 2.24) is 25.1 Å². The predicted molar refractivity (Wildman–Crippen MR) is 159 cm³/mol. The van der Waals surface area contributed by atoms with Crippen LogP contribution in [0.15, 0.2) is 40.9 Å². The molecule has 3 amide bonds. The lowest BCUT2D eigenvalue weighted by Gasteiger charge is -2.29. The van der Waals surface area contributed by atoms with Gasteiger partial charge in [0, 0.05) is 37.2 Å². The number of hydrogen-bond acceptors (Lipinski definition) is 11. The lowest BCUT2D eigenvalue weighted by molar-refractivity contribution is 0.0429. The molecule has 0 saturated carbocycles. The number of rotatable bonds is 4. The Bertz CT molecular complexity index is 1520. The predicted octanol–water partition coefficient (Wildman–Crippen LogP) is 5.45. The van der Waals surface area contributed by atoms with Crippen molar-refractivity contribution in [2.45, 2.75) is 65.6 Å². The van der Waals surface area contributed by atoms with E-state index in [0.717, 1.165) is 12.8 Å². The van der Waals surface area contributed by atoms with Crippen LogP contribution in [0.4, 0.5) is 26.0 Å². The highest BCUT2D eigenvalue weighted by Crippen LogP contribution is 2.41. The average molecular weight is 608 g/mol. The molecule has 0 bridgehead atoms. The molecule has 0 aliphatic carbocycles. The Morgan fingerprint density at radius 2 is 1.52 bits per heavy atom. The number of carboxylic acid groups (broad SMARTS) is 1. The minimum atomic E-state index is -1.02. The van der Waals surface area contributed by atoms with Crippen molar-refractivity contribution < 1.29 is 33.4 Å². The van der Waals surface area contributed by atoms with Gasteiger partial charge in [-0.3, -0.25) is 0 Å². The molecule has 1 spiro atoms. The summed E-state index contributed by atoms with van der Waals surface area (Å²) in [7, 11) is 0. The Hall–Kier alpha value is -4.75. The zero-order valence-corrected chi connectivity index (χ0v) is 25.7. The number of ether oxygens (including phenoxy) is 2. The van der Waals surface area contributed by atoms with Gasteiger partial charge in [0.1, 0.15) is 17.0 Å². The van der Waals surface area contributed by atoms with Crippen molar-refractivity contribution in [2.75, 3.05) is 36.0 Å². The molecular weight excluding hydrogens is 570 g/mol. The first-order valence-electron chi connectivity index (χ1n) is 14.4. The zero-order chi connectivity index (χ0) is 31.9. The maximum absolute atomic E-state index is 13.5. The molecule has 2 fully saturated rings. The van der Waals surface area contributed by atoms with E-state index >= 15 is 0 Å². The number of aromatic nitrogens is 4. The minimum Gasteiger partial charge on any atom is -0.465 e. The van der Waals surface area contributed by atoms with E-state index in [1.807, 2.05) is 23.1 Å². The molecule has 2 saturated heterocycles. The van der Waals surface area contributed by atoms with E-state index in [9.17, 15) is 19.5 Å². The molecule has 234 valence electrons. The molecule has 1 atom stereocenters. The van der Waals surface area contributed by atoms with E-state index in [4.69, 9.17) is 18.9 Å². The number of hydrogen-bond donors (Lipinski definition) is 1. The van der Waals surface area contributed by atoms with Gasteiger partial charge in [-0.15, -0.1) is 10.2 Å². The molecule has 2 aliphatic heterocycles. The van der Waals surface area contributed by atoms with Gasteiger partial charge in [0.15, 0.2) is 11.5 Å². The first-order chi connectivity index (χ1) is 20.6. The average Bonchev–Trinajstić information content (AvgIpc) is 3.68. The van der Waals surface area contributed by atoms with Crippen molar-refractivity contribution in [3.8, 4) is 23.0 Å². The number of carbonyl (C=O) groups is 3. The quantitative estimate of drug-likeness (QED) is 0.399. The van der Waals surface area contributed by atoms with Gasteiger partial charge in [0.2, 0.25) is 5.89 Å². The largest absolute Gasteiger partial charge is 0.465 e. The summed E-state index contributed by atoms with van der Waals surface area (Å²) in [6.07, 6.45) is 0.00876.